The minimum Gasteiger partial charge on any atom is -0.441 e. The van der Waals surface area contributed by atoms with Gasteiger partial charge in [-0.2, -0.15) is 0 Å². The van der Waals surface area contributed by atoms with Gasteiger partial charge in [0.05, 0.1) is 23.7 Å². The third-order valence-electron chi connectivity index (χ3n) is 8.01. The van der Waals surface area contributed by atoms with E-state index in [1.54, 1.807) is 0 Å². The molecule has 9 rings (SSSR count). The van der Waals surface area contributed by atoms with Crippen molar-refractivity contribution in [2.45, 2.75) is 6.17 Å². The second-order valence-corrected chi connectivity index (χ2v) is 10.3. The van der Waals surface area contributed by atoms with Gasteiger partial charge >= 0.3 is 17.1 Å². The van der Waals surface area contributed by atoms with Gasteiger partial charge in [-0.3, -0.25) is 4.99 Å². The van der Waals surface area contributed by atoms with Crippen LogP contribution in [0.15, 0.2) is 138 Å². The number of nitrogens with zero attached hydrogens (tertiary/aromatic N) is 8. The molecule has 0 N–H and O–H groups in total. The zero-order valence-electron chi connectivity index (χ0n) is 21.4. The van der Waals surface area contributed by atoms with Crippen molar-refractivity contribution in [1.82, 2.24) is 4.98 Å². The number of allylic oxidation sites excluding steroid dienone is 5. The summed E-state index contributed by atoms with van der Waals surface area (Å²) in [6.07, 6.45) is 16.3. The molecule has 199 valence electrons. The molecule has 0 amide bonds. The maximum absolute atomic E-state index is 5.13. The van der Waals surface area contributed by atoms with Crippen molar-refractivity contribution in [2.24, 2.45) is 47.7 Å². The predicted octanol–water partition coefficient (Wildman–Crippen LogP) is 4.09. The van der Waals surface area contributed by atoms with Crippen LogP contribution < -0.4 is 16.0 Å². The molecular weight excluding hydrogens is 560 g/mol. The van der Waals surface area contributed by atoms with Crippen LogP contribution in [0.1, 0.15) is 11.1 Å². The molecule has 4 aliphatic heterocycles. The first-order valence-electron chi connectivity index (χ1n) is 13.4. The molecule has 0 saturated heterocycles. The average Bonchev–Trinajstić information content (AvgIpc) is 3.73. The average molecular weight is 580 g/mol. The van der Waals surface area contributed by atoms with Gasteiger partial charge in [-0.05, 0) is 16.3 Å². The summed E-state index contributed by atoms with van der Waals surface area (Å²) in [5.41, 5.74) is 4.04. The van der Waals surface area contributed by atoms with Crippen LogP contribution in [-0.4, -0.2) is 29.5 Å². The SMILES string of the molecule is C1=CC2=C3/N=C4\N=C(N=c5[n-]c(c6ccccc56)=NC5=N/C(=N\C([N-]3)C2C=C1)C1C=CC=CC51)c1ccccc14.[Cu+2]. The van der Waals surface area contributed by atoms with Crippen LogP contribution in [0.25, 0.3) is 16.1 Å². The minimum atomic E-state index is -0.365. The monoisotopic (exact) mass is 579 g/mol. The first-order valence-corrected chi connectivity index (χ1v) is 13.4. The summed E-state index contributed by atoms with van der Waals surface area (Å²) in [6, 6.07) is 16.1. The van der Waals surface area contributed by atoms with Crippen LogP contribution >= 0.6 is 0 Å². The topological polar surface area (TPSA) is 102 Å². The van der Waals surface area contributed by atoms with Gasteiger partial charge in [-0.15, -0.1) is 0 Å². The summed E-state index contributed by atoms with van der Waals surface area (Å²) in [4.78, 5) is 34.9. The Balaban J connectivity index is 0.00000256. The molecule has 9 heteroatoms. The first-order chi connectivity index (χ1) is 19.8. The van der Waals surface area contributed by atoms with Crippen LogP contribution in [0.3, 0.4) is 0 Å². The maximum atomic E-state index is 5.13. The van der Waals surface area contributed by atoms with Gasteiger partial charge in [0.1, 0.15) is 5.84 Å². The van der Waals surface area contributed by atoms with E-state index in [9.17, 15) is 0 Å². The Morgan fingerprint density at radius 1 is 0.585 bits per heavy atom. The normalized spacial score (nSPS) is 28.6. The van der Waals surface area contributed by atoms with Gasteiger partial charge < -0.3 is 25.3 Å². The number of aliphatic imine (C=N–C) groups is 4. The molecule has 4 unspecified atom stereocenters. The summed E-state index contributed by atoms with van der Waals surface area (Å²) < 4.78 is 0. The van der Waals surface area contributed by atoms with E-state index in [0.29, 0.717) is 34.3 Å². The van der Waals surface area contributed by atoms with Crippen molar-refractivity contribution in [2.75, 3.05) is 0 Å². The minimum absolute atomic E-state index is 0. The van der Waals surface area contributed by atoms with Crippen molar-refractivity contribution >= 4 is 34.1 Å². The van der Waals surface area contributed by atoms with Crippen molar-refractivity contribution < 1.29 is 17.1 Å². The van der Waals surface area contributed by atoms with Gasteiger partial charge in [-0.25, -0.2) is 9.98 Å². The Bertz CT molecular complexity index is 2070. The van der Waals surface area contributed by atoms with E-state index in [1.807, 2.05) is 72.8 Å². The Morgan fingerprint density at radius 2 is 1.22 bits per heavy atom. The van der Waals surface area contributed by atoms with Crippen molar-refractivity contribution in [3.8, 4) is 0 Å². The third-order valence-corrected chi connectivity index (χ3v) is 8.01. The van der Waals surface area contributed by atoms with E-state index >= 15 is 0 Å². The smallest absolute Gasteiger partial charge is 0.441 e. The second kappa shape index (κ2) is 9.16. The van der Waals surface area contributed by atoms with Gasteiger partial charge in [0.2, 0.25) is 0 Å². The van der Waals surface area contributed by atoms with Crippen LogP contribution in [0.5, 0.6) is 0 Å². The molecule has 5 heterocycles. The Morgan fingerprint density at radius 3 is 2.00 bits per heavy atom. The molecular formula is C32H20CuN8. The summed E-state index contributed by atoms with van der Waals surface area (Å²) >= 11 is 0. The van der Waals surface area contributed by atoms with Crippen LogP contribution in [0, 0.1) is 17.8 Å². The molecule has 2 aliphatic carbocycles. The van der Waals surface area contributed by atoms with E-state index in [4.69, 9.17) is 40.3 Å². The molecule has 4 atom stereocenters. The number of hydrogen-bond donors (Lipinski definition) is 0. The standard InChI is InChI=1S/C32H20N8.Cu/c1-2-10-18-17(9-1)25-33-26(18)38-28-21-13-5-6-14-22(21)30(35-28)40-32-24-16-8-7-15-23(24)31(36-32)39-29-20-12-4-3-11-19(20)27(34-29)37-25;/h1-19,27H;/q-2;+2. The number of rotatable bonds is 0. The van der Waals surface area contributed by atoms with Crippen molar-refractivity contribution in [3.63, 3.8) is 0 Å². The first kappa shape index (κ1) is 24.1. The zero-order valence-corrected chi connectivity index (χ0v) is 22.4. The van der Waals surface area contributed by atoms with E-state index in [-0.39, 0.29) is 41.0 Å². The fourth-order valence-electron chi connectivity index (χ4n) is 6.08. The summed E-state index contributed by atoms with van der Waals surface area (Å²) in [6.45, 7) is 0. The molecule has 6 aliphatic rings. The van der Waals surface area contributed by atoms with E-state index < -0.39 is 0 Å². The molecule has 3 aromatic rings. The molecule has 41 heavy (non-hydrogen) atoms. The fraction of sp³-hybridized carbons (Fsp3) is 0.125. The quantitative estimate of drug-likeness (QED) is 0.368. The van der Waals surface area contributed by atoms with Crippen molar-refractivity contribution in [1.29, 1.82) is 0 Å². The van der Waals surface area contributed by atoms with Gasteiger partial charge in [0.15, 0.2) is 0 Å². The van der Waals surface area contributed by atoms with Crippen LogP contribution in [0.4, 0.5) is 0 Å². The third kappa shape index (κ3) is 3.66. The maximum Gasteiger partial charge on any atom is 2.00 e. The van der Waals surface area contributed by atoms with Gasteiger partial charge in [-0.1, -0.05) is 103 Å². The number of amidine groups is 4. The van der Waals surface area contributed by atoms with E-state index in [2.05, 4.69) is 24.3 Å². The molecule has 1 radical (unpaired) electrons. The summed E-state index contributed by atoms with van der Waals surface area (Å²) in [5, 5.41) is 6.85. The predicted molar refractivity (Wildman–Crippen MR) is 155 cm³/mol. The Hall–Kier alpha value is -4.72. The Labute approximate surface area is 245 Å². The molecule has 0 saturated carbocycles. The summed E-state index contributed by atoms with van der Waals surface area (Å²) in [5.74, 6) is 3.19. The molecule has 2 aromatic carbocycles. The molecule has 1 aromatic heterocycles. The second-order valence-electron chi connectivity index (χ2n) is 10.3. The summed E-state index contributed by atoms with van der Waals surface area (Å²) in [7, 11) is 0. The van der Waals surface area contributed by atoms with Gasteiger partial charge in [0.25, 0.3) is 0 Å². The fourth-order valence-corrected chi connectivity index (χ4v) is 6.08. The van der Waals surface area contributed by atoms with Gasteiger partial charge in [0, 0.05) is 39.9 Å². The van der Waals surface area contributed by atoms with E-state index in [1.165, 1.54) is 0 Å². The number of benzene rings is 2. The number of fused-ring (bicyclic) bond motifs is 17. The van der Waals surface area contributed by atoms with Crippen LogP contribution in [-0.2, 0) is 17.1 Å². The van der Waals surface area contributed by atoms with Crippen LogP contribution in [0.2, 0.25) is 0 Å². The number of hydrogen-bond acceptors (Lipinski definition) is 6. The molecule has 0 spiro atoms. The van der Waals surface area contributed by atoms with Crippen molar-refractivity contribution in [3.05, 3.63) is 136 Å². The zero-order chi connectivity index (χ0) is 26.2. The largest absolute Gasteiger partial charge is 2.00 e. The van der Waals surface area contributed by atoms with E-state index in [0.717, 1.165) is 33.3 Å². The molecule has 8 bridgehead atoms. The Kier molecular flexibility index (Phi) is 5.38. The number of aromatic nitrogens is 1. The molecule has 8 nitrogen and oxygen atoms in total. The molecule has 0 fully saturated rings.